The van der Waals surface area contributed by atoms with Gasteiger partial charge in [-0.3, -0.25) is 0 Å². The zero-order chi connectivity index (χ0) is 4.50. The molecule has 0 atom stereocenters. The largest absolute Gasteiger partial charge is 0.454 e. The smallest absolute Gasteiger partial charge is 0.242 e. The molecule has 0 saturated carbocycles. The second kappa shape index (κ2) is 0.858. The second-order valence-electron chi connectivity index (χ2n) is 0.542. The van der Waals surface area contributed by atoms with Gasteiger partial charge in [0.25, 0.3) is 0 Å². The standard InChI is InChI=1S/CH2F3N/c2-1(3,4)5/h5H2. The summed E-state index contributed by atoms with van der Waals surface area (Å²) in [5.41, 5.74) is 3.35. The zero-order valence-corrected chi connectivity index (χ0v) is 2.21. The lowest BCUT2D eigenvalue weighted by atomic mass is 11.3. The topological polar surface area (TPSA) is 26.0 Å². The fraction of sp³-hybridized carbons (Fsp3) is 1.00. The summed E-state index contributed by atoms with van der Waals surface area (Å²) < 4.78 is 30.4. The Morgan fingerprint density at radius 2 is 1.20 bits per heavy atom. The van der Waals surface area contributed by atoms with Crippen molar-refractivity contribution >= 4 is 0 Å². The molecule has 4 heteroatoms. The van der Waals surface area contributed by atoms with Crippen LogP contribution >= 0.6 is 0 Å². The minimum absolute atomic E-state index is 3.35. The first-order chi connectivity index (χ1) is 2.00. The number of halogens is 3. The average molecular weight is 85.0 g/mol. The van der Waals surface area contributed by atoms with Gasteiger partial charge in [0.2, 0.25) is 0 Å². The van der Waals surface area contributed by atoms with E-state index in [1.54, 1.807) is 0 Å². The van der Waals surface area contributed by atoms with Crippen LogP contribution in [0.3, 0.4) is 0 Å². The Labute approximate surface area is 26.6 Å². The van der Waals surface area contributed by atoms with Gasteiger partial charge >= 0.3 is 6.30 Å². The molecule has 0 aromatic rings. The predicted octanol–water partition coefficient (Wildman–Crippen LogP) is 0.465. The van der Waals surface area contributed by atoms with E-state index in [0.717, 1.165) is 0 Å². The SMILES string of the molecule is NC(F)(F)F. The Morgan fingerprint density at radius 1 is 1.20 bits per heavy atom. The molecule has 2 N–H and O–H groups in total. The molecule has 0 fully saturated rings. The lowest BCUT2D eigenvalue weighted by molar-refractivity contribution is -0.122. The highest BCUT2D eigenvalue weighted by molar-refractivity contribution is 4.21. The molecule has 0 aliphatic carbocycles. The van der Waals surface area contributed by atoms with Gasteiger partial charge in [0, 0.05) is 0 Å². The highest BCUT2D eigenvalue weighted by Gasteiger charge is 2.16. The van der Waals surface area contributed by atoms with Gasteiger partial charge in [-0.15, -0.1) is 0 Å². The third-order valence-corrected chi connectivity index (χ3v) is 0. The second-order valence-corrected chi connectivity index (χ2v) is 0.542. The summed E-state index contributed by atoms with van der Waals surface area (Å²) in [5, 5.41) is 0. The molecule has 1 nitrogen and oxygen atoms in total. The highest BCUT2D eigenvalue weighted by atomic mass is 19.4. The molecule has 0 bridgehead atoms. The Hall–Kier alpha value is -0.250. The maximum Gasteiger partial charge on any atom is 0.454 e. The van der Waals surface area contributed by atoms with E-state index < -0.39 is 6.30 Å². The van der Waals surface area contributed by atoms with Crippen molar-refractivity contribution in [3.05, 3.63) is 0 Å². The molecule has 32 valence electrons. The summed E-state index contributed by atoms with van der Waals surface area (Å²) in [7, 11) is 0. The normalized spacial score (nSPS) is 12.0. The van der Waals surface area contributed by atoms with Gasteiger partial charge in [0.15, 0.2) is 0 Å². The van der Waals surface area contributed by atoms with E-state index in [1.807, 2.05) is 0 Å². The maximum atomic E-state index is 10.1. The molecule has 5 heavy (non-hydrogen) atoms. The minimum Gasteiger partial charge on any atom is -0.242 e. The molecule has 0 amide bonds. The number of rotatable bonds is 0. The molecular formula is CH2F3N. The molecule has 0 heterocycles. The van der Waals surface area contributed by atoms with E-state index in [9.17, 15) is 13.2 Å². The van der Waals surface area contributed by atoms with Crippen LogP contribution in [0.25, 0.3) is 0 Å². The fourth-order valence-electron chi connectivity index (χ4n) is 0. The van der Waals surface area contributed by atoms with E-state index in [4.69, 9.17) is 0 Å². The number of hydrogen-bond acceptors (Lipinski definition) is 1. The van der Waals surface area contributed by atoms with E-state index in [-0.39, 0.29) is 0 Å². The molecule has 0 aromatic carbocycles. The first-order valence-electron chi connectivity index (χ1n) is 0.856. The number of nitrogens with two attached hydrogens (primary N) is 1. The number of alkyl halides is 3. The van der Waals surface area contributed by atoms with Crippen LogP contribution in [0.2, 0.25) is 0 Å². The molecular weight excluding hydrogens is 83.0 g/mol. The first kappa shape index (κ1) is 4.75. The molecule has 0 aromatic heterocycles. The van der Waals surface area contributed by atoms with E-state index in [2.05, 4.69) is 5.73 Å². The van der Waals surface area contributed by atoms with Crippen molar-refractivity contribution in [1.82, 2.24) is 0 Å². The summed E-state index contributed by atoms with van der Waals surface area (Å²) in [6, 6.07) is 0. The van der Waals surface area contributed by atoms with Gasteiger partial charge < -0.3 is 0 Å². The Morgan fingerprint density at radius 3 is 1.20 bits per heavy atom. The lowest BCUT2D eigenvalue weighted by Gasteiger charge is -1.89. The Bertz CT molecular complexity index is 22.4. The van der Waals surface area contributed by atoms with Crippen LogP contribution in [0.4, 0.5) is 13.2 Å². The van der Waals surface area contributed by atoms with Crippen molar-refractivity contribution in [3.8, 4) is 0 Å². The van der Waals surface area contributed by atoms with Crippen LogP contribution in [0.15, 0.2) is 0 Å². The Balaban J connectivity index is 3.02. The summed E-state index contributed by atoms with van der Waals surface area (Å²) in [5.74, 6) is 0. The van der Waals surface area contributed by atoms with Crippen LogP contribution in [-0.4, -0.2) is 6.30 Å². The molecule has 0 aliphatic rings. The van der Waals surface area contributed by atoms with Crippen molar-refractivity contribution in [2.75, 3.05) is 0 Å². The van der Waals surface area contributed by atoms with E-state index >= 15 is 0 Å². The Kier molecular flexibility index (Phi) is 0.815. The van der Waals surface area contributed by atoms with Gasteiger partial charge in [-0.05, 0) is 0 Å². The van der Waals surface area contributed by atoms with Crippen molar-refractivity contribution in [2.24, 2.45) is 5.73 Å². The van der Waals surface area contributed by atoms with Gasteiger partial charge in [0.05, 0.1) is 0 Å². The fourth-order valence-corrected chi connectivity index (χ4v) is 0. The number of hydrogen-bond donors (Lipinski definition) is 1. The van der Waals surface area contributed by atoms with Crippen LogP contribution in [0.5, 0.6) is 0 Å². The van der Waals surface area contributed by atoms with Gasteiger partial charge in [-0.25, -0.2) is 5.73 Å². The quantitative estimate of drug-likeness (QED) is 0.425. The summed E-state index contributed by atoms with van der Waals surface area (Å²) >= 11 is 0. The van der Waals surface area contributed by atoms with Crippen LogP contribution in [0.1, 0.15) is 0 Å². The predicted molar refractivity (Wildman–Crippen MR) is 10.2 cm³/mol. The summed E-state index contributed by atoms with van der Waals surface area (Å²) in [4.78, 5) is 0. The van der Waals surface area contributed by atoms with Crippen LogP contribution in [-0.2, 0) is 0 Å². The van der Waals surface area contributed by atoms with Crippen molar-refractivity contribution < 1.29 is 13.2 Å². The monoisotopic (exact) mass is 85.0 g/mol. The maximum absolute atomic E-state index is 10.1. The van der Waals surface area contributed by atoms with Gasteiger partial charge in [-0.2, -0.15) is 13.2 Å². The van der Waals surface area contributed by atoms with Crippen molar-refractivity contribution in [1.29, 1.82) is 0 Å². The third kappa shape index (κ3) is 184. The van der Waals surface area contributed by atoms with Crippen molar-refractivity contribution in [3.63, 3.8) is 0 Å². The van der Waals surface area contributed by atoms with Crippen molar-refractivity contribution in [2.45, 2.75) is 6.30 Å². The van der Waals surface area contributed by atoms with Gasteiger partial charge in [-0.1, -0.05) is 0 Å². The molecule has 0 saturated heterocycles. The minimum atomic E-state index is -4.50. The van der Waals surface area contributed by atoms with Gasteiger partial charge in [0.1, 0.15) is 0 Å². The molecule has 0 aliphatic heterocycles. The molecule has 0 radical (unpaired) electrons. The molecule has 0 rings (SSSR count). The lowest BCUT2D eigenvalue weighted by Crippen LogP contribution is -2.20. The molecule has 0 unspecified atom stereocenters. The molecule has 0 spiro atoms. The van der Waals surface area contributed by atoms with E-state index in [1.165, 1.54) is 0 Å². The highest BCUT2D eigenvalue weighted by Crippen LogP contribution is 2.01. The first-order valence-corrected chi connectivity index (χ1v) is 0.856. The summed E-state index contributed by atoms with van der Waals surface area (Å²) in [6.45, 7) is 0. The average Bonchev–Trinajstić information content (AvgIpc) is 0.722. The van der Waals surface area contributed by atoms with Crippen LogP contribution < -0.4 is 5.73 Å². The summed E-state index contributed by atoms with van der Waals surface area (Å²) in [6.07, 6.45) is -4.50. The zero-order valence-electron chi connectivity index (χ0n) is 2.21. The van der Waals surface area contributed by atoms with Crippen LogP contribution in [0, 0.1) is 0 Å². The van der Waals surface area contributed by atoms with E-state index in [0.29, 0.717) is 0 Å². The third-order valence-electron chi connectivity index (χ3n) is 0.